The van der Waals surface area contributed by atoms with E-state index in [0.29, 0.717) is 17.9 Å². The molecule has 34 heavy (non-hydrogen) atoms. The van der Waals surface area contributed by atoms with Crippen LogP contribution in [0.3, 0.4) is 0 Å². The number of hydrogen-bond donors (Lipinski definition) is 0. The highest BCUT2D eigenvalue weighted by molar-refractivity contribution is 9.10. The van der Waals surface area contributed by atoms with Crippen molar-refractivity contribution in [1.29, 1.82) is 0 Å². The smallest absolute Gasteiger partial charge is 0.293 e. The molecule has 2 amide bonds. The summed E-state index contributed by atoms with van der Waals surface area (Å²) in [6, 6.07) is 24.4. The van der Waals surface area contributed by atoms with Crippen LogP contribution in [0.15, 0.2) is 82.2 Å². The maximum atomic E-state index is 13.0. The Labute approximate surface area is 211 Å². The zero-order valence-corrected chi connectivity index (χ0v) is 21.3. The molecule has 0 radical (unpaired) electrons. The second kappa shape index (κ2) is 9.28. The molecule has 0 atom stereocenters. The van der Waals surface area contributed by atoms with Crippen LogP contribution in [-0.2, 0) is 11.2 Å². The van der Waals surface area contributed by atoms with E-state index >= 15 is 0 Å². The molecule has 1 saturated heterocycles. The summed E-state index contributed by atoms with van der Waals surface area (Å²) >= 11 is 4.67. The standard InChI is InChI=1S/C28H23BrN2O2S/c1-18-16-21(19(2)31(18)25-13-12-24(29)22-10-6-7-11-23(22)25)17-26-27(32)30(28(33)34-26)15-14-20-8-4-3-5-9-20/h3-13,16-17H,14-15H2,1-2H3/b26-17-. The Balaban J connectivity index is 1.46. The van der Waals surface area contributed by atoms with E-state index < -0.39 is 0 Å². The van der Waals surface area contributed by atoms with Crippen LogP contribution < -0.4 is 0 Å². The van der Waals surface area contributed by atoms with Gasteiger partial charge in [-0.2, -0.15) is 0 Å². The van der Waals surface area contributed by atoms with E-state index in [1.54, 1.807) is 0 Å². The second-order valence-corrected chi connectivity index (χ2v) is 10.2. The summed E-state index contributed by atoms with van der Waals surface area (Å²) in [5, 5.41) is 2.08. The molecule has 170 valence electrons. The minimum Gasteiger partial charge on any atom is -0.317 e. The molecule has 0 saturated carbocycles. The first kappa shape index (κ1) is 22.7. The summed E-state index contributed by atoms with van der Waals surface area (Å²) in [6.07, 6.45) is 2.50. The Hall–Kier alpha value is -3.09. The van der Waals surface area contributed by atoms with Gasteiger partial charge in [-0.25, -0.2) is 0 Å². The zero-order valence-electron chi connectivity index (χ0n) is 18.9. The largest absolute Gasteiger partial charge is 0.317 e. The number of hydrogen-bond acceptors (Lipinski definition) is 3. The molecule has 0 spiro atoms. The molecule has 1 aliphatic rings. The quantitative estimate of drug-likeness (QED) is 0.254. The first-order valence-corrected chi connectivity index (χ1v) is 12.7. The summed E-state index contributed by atoms with van der Waals surface area (Å²) in [5.74, 6) is -0.218. The van der Waals surface area contributed by atoms with Crippen LogP contribution in [0.25, 0.3) is 22.5 Å². The molecule has 0 aliphatic carbocycles. The monoisotopic (exact) mass is 530 g/mol. The maximum Gasteiger partial charge on any atom is 0.293 e. The van der Waals surface area contributed by atoms with Gasteiger partial charge in [-0.15, -0.1) is 0 Å². The molecular weight excluding hydrogens is 508 g/mol. The number of aryl methyl sites for hydroxylation is 1. The normalized spacial score (nSPS) is 15.1. The Morgan fingerprint density at radius 3 is 2.38 bits per heavy atom. The van der Waals surface area contributed by atoms with Crippen LogP contribution in [0.1, 0.15) is 22.5 Å². The van der Waals surface area contributed by atoms with Crippen molar-refractivity contribution in [2.75, 3.05) is 6.54 Å². The van der Waals surface area contributed by atoms with Gasteiger partial charge in [-0.05, 0) is 72.8 Å². The number of rotatable bonds is 5. The van der Waals surface area contributed by atoms with Gasteiger partial charge in [0.2, 0.25) is 0 Å². The number of fused-ring (bicyclic) bond motifs is 1. The van der Waals surface area contributed by atoms with Gasteiger partial charge in [0.25, 0.3) is 11.1 Å². The van der Waals surface area contributed by atoms with Gasteiger partial charge in [-0.1, -0.05) is 70.5 Å². The van der Waals surface area contributed by atoms with Crippen molar-refractivity contribution in [3.8, 4) is 5.69 Å². The highest BCUT2D eigenvalue weighted by Crippen LogP contribution is 2.35. The lowest BCUT2D eigenvalue weighted by molar-refractivity contribution is -0.122. The van der Waals surface area contributed by atoms with Crippen LogP contribution in [0.5, 0.6) is 0 Å². The number of benzene rings is 3. The first-order valence-electron chi connectivity index (χ1n) is 11.1. The predicted molar refractivity (Wildman–Crippen MR) is 143 cm³/mol. The molecule has 0 N–H and O–H groups in total. The lowest BCUT2D eigenvalue weighted by atomic mass is 10.1. The molecule has 4 aromatic rings. The van der Waals surface area contributed by atoms with E-state index in [1.807, 2.05) is 48.5 Å². The Bertz CT molecular complexity index is 1460. The molecule has 4 nitrogen and oxygen atoms in total. The second-order valence-electron chi connectivity index (χ2n) is 8.34. The average Bonchev–Trinajstić information content (AvgIpc) is 3.27. The fourth-order valence-electron chi connectivity index (χ4n) is 4.47. The maximum absolute atomic E-state index is 13.0. The van der Waals surface area contributed by atoms with Gasteiger partial charge in [0, 0.05) is 27.8 Å². The molecule has 5 rings (SSSR count). The predicted octanol–water partition coefficient (Wildman–Crippen LogP) is 7.29. The molecule has 1 aromatic heterocycles. The van der Waals surface area contributed by atoms with Crippen LogP contribution in [-0.4, -0.2) is 27.2 Å². The number of aromatic nitrogens is 1. The number of halogens is 1. The van der Waals surface area contributed by atoms with Crippen LogP contribution in [0, 0.1) is 13.8 Å². The minimum absolute atomic E-state index is 0.208. The third-order valence-electron chi connectivity index (χ3n) is 6.19. The van der Waals surface area contributed by atoms with Crippen molar-refractivity contribution >= 4 is 55.7 Å². The van der Waals surface area contributed by atoms with Crippen molar-refractivity contribution in [2.24, 2.45) is 0 Å². The van der Waals surface area contributed by atoms with E-state index in [-0.39, 0.29) is 11.1 Å². The fraction of sp³-hybridized carbons (Fsp3) is 0.143. The van der Waals surface area contributed by atoms with Crippen LogP contribution >= 0.6 is 27.7 Å². The van der Waals surface area contributed by atoms with Crippen molar-refractivity contribution in [3.05, 3.63) is 105 Å². The van der Waals surface area contributed by atoms with Crippen LogP contribution in [0.2, 0.25) is 0 Å². The lowest BCUT2D eigenvalue weighted by Gasteiger charge is -2.14. The van der Waals surface area contributed by atoms with E-state index in [2.05, 4.69) is 64.7 Å². The molecule has 1 fully saturated rings. The van der Waals surface area contributed by atoms with Gasteiger partial charge in [0.15, 0.2) is 0 Å². The summed E-state index contributed by atoms with van der Waals surface area (Å²) < 4.78 is 3.26. The van der Waals surface area contributed by atoms with Crippen molar-refractivity contribution in [3.63, 3.8) is 0 Å². The van der Waals surface area contributed by atoms with Crippen molar-refractivity contribution < 1.29 is 9.59 Å². The Kier molecular flexibility index (Phi) is 6.19. The van der Waals surface area contributed by atoms with Gasteiger partial charge >= 0.3 is 0 Å². The summed E-state index contributed by atoms with van der Waals surface area (Å²) in [6.45, 7) is 4.50. The summed E-state index contributed by atoms with van der Waals surface area (Å²) in [4.78, 5) is 27.4. The minimum atomic E-state index is -0.218. The van der Waals surface area contributed by atoms with E-state index in [1.165, 1.54) is 4.90 Å². The van der Waals surface area contributed by atoms with Crippen molar-refractivity contribution in [2.45, 2.75) is 20.3 Å². The third kappa shape index (κ3) is 4.12. The molecule has 2 heterocycles. The molecule has 0 unspecified atom stereocenters. The first-order chi connectivity index (χ1) is 16.4. The Morgan fingerprint density at radius 1 is 0.912 bits per heavy atom. The highest BCUT2D eigenvalue weighted by Gasteiger charge is 2.34. The lowest BCUT2D eigenvalue weighted by Crippen LogP contribution is -2.30. The van der Waals surface area contributed by atoms with E-state index in [4.69, 9.17) is 0 Å². The molecular formula is C28H23BrN2O2S. The number of carbonyl (C=O) groups is 2. The number of thioether (sulfide) groups is 1. The van der Waals surface area contributed by atoms with Gasteiger partial charge < -0.3 is 4.57 Å². The van der Waals surface area contributed by atoms with Crippen molar-refractivity contribution in [1.82, 2.24) is 9.47 Å². The molecule has 1 aliphatic heterocycles. The Morgan fingerprint density at radius 2 is 1.62 bits per heavy atom. The molecule has 3 aromatic carbocycles. The highest BCUT2D eigenvalue weighted by atomic mass is 79.9. The number of imide groups is 1. The van der Waals surface area contributed by atoms with Gasteiger partial charge in [-0.3, -0.25) is 14.5 Å². The van der Waals surface area contributed by atoms with Gasteiger partial charge in [0.1, 0.15) is 0 Å². The third-order valence-corrected chi connectivity index (χ3v) is 7.79. The fourth-order valence-corrected chi connectivity index (χ4v) is 5.80. The number of amides is 2. The summed E-state index contributed by atoms with van der Waals surface area (Å²) in [5.41, 5.74) is 5.24. The average molecular weight is 531 g/mol. The van der Waals surface area contributed by atoms with Crippen LogP contribution in [0.4, 0.5) is 4.79 Å². The van der Waals surface area contributed by atoms with E-state index in [9.17, 15) is 9.59 Å². The van der Waals surface area contributed by atoms with Gasteiger partial charge in [0.05, 0.1) is 10.6 Å². The molecule has 6 heteroatoms. The SMILES string of the molecule is Cc1cc(/C=C2\SC(=O)N(CCc3ccccc3)C2=O)c(C)n1-c1ccc(Br)c2ccccc12. The number of carbonyl (C=O) groups excluding carboxylic acids is 2. The number of nitrogens with zero attached hydrogens (tertiary/aromatic N) is 2. The molecule has 0 bridgehead atoms. The summed E-state index contributed by atoms with van der Waals surface area (Å²) in [7, 11) is 0. The zero-order chi connectivity index (χ0) is 23.8. The van der Waals surface area contributed by atoms with E-state index in [0.717, 1.165) is 55.2 Å². The topological polar surface area (TPSA) is 42.3 Å².